The van der Waals surface area contributed by atoms with Crippen molar-refractivity contribution in [1.82, 2.24) is 24.1 Å². The molecule has 0 radical (unpaired) electrons. The first-order valence-electron chi connectivity index (χ1n) is 18.1. The molecule has 0 fully saturated rings. The van der Waals surface area contributed by atoms with Crippen LogP contribution in [0.5, 0.6) is 0 Å². The summed E-state index contributed by atoms with van der Waals surface area (Å²) in [6.07, 6.45) is 0. The first-order valence-corrected chi connectivity index (χ1v) is 18.1. The average molecular weight is 680 g/mol. The molecule has 0 atom stereocenters. The Morgan fingerprint density at radius 2 is 0.887 bits per heavy atom. The molecule has 11 rings (SSSR count). The second-order valence-corrected chi connectivity index (χ2v) is 14.5. The molecule has 53 heavy (non-hydrogen) atoms. The predicted molar refractivity (Wildman–Crippen MR) is 217 cm³/mol. The van der Waals surface area contributed by atoms with E-state index in [0.717, 1.165) is 22.2 Å². The lowest BCUT2D eigenvalue weighted by atomic mass is 9.82. The van der Waals surface area contributed by atoms with E-state index in [2.05, 4.69) is 150 Å². The molecule has 1 aliphatic rings. The van der Waals surface area contributed by atoms with E-state index >= 15 is 0 Å². The van der Waals surface area contributed by atoms with Crippen molar-refractivity contribution in [2.75, 3.05) is 0 Å². The SMILES string of the molecule is CC1(C)c2cc(-n3c4ccccc4c4ccccc43)ccc2-c2cc3c4ccccc4n(-c4nc(-c5ccccc5)nc(-c5ccccc5)n4)c3cc21. The third-order valence-corrected chi connectivity index (χ3v) is 11.2. The molecular formula is C48H33N5. The molecule has 0 amide bonds. The molecule has 10 aromatic rings. The van der Waals surface area contributed by atoms with Gasteiger partial charge in [0.05, 0.1) is 22.1 Å². The fraction of sp³-hybridized carbons (Fsp3) is 0.0625. The topological polar surface area (TPSA) is 48.5 Å². The van der Waals surface area contributed by atoms with Gasteiger partial charge in [-0.25, -0.2) is 4.98 Å². The number of rotatable bonds is 4. The number of fused-ring (bicyclic) bond motifs is 9. The van der Waals surface area contributed by atoms with Crippen LogP contribution in [0.2, 0.25) is 0 Å². The van der Waals surface area contributed by atoms with Crippen molar-refractivity contribution < 1.29 is 0 Å². The minimum atomic E-state index is -0.252. The number of aromatic nitrogens is 5. The van der Waals surface area contributed by atoms with Gasteiger partial charge in [-0.2, -0.15) is 9.97 Å². The second-order valence-electron chi connectivity index (χ2n) is 14.5. The summed E-state index contributed by atoms with van der Waals surface area (Å²) in [6.45, 7) is 4.71. The zero-order valence-corrected chi connectivity index (χ0v) is 29.3. The van der Waals surface area contributed by atoms with Crippen molar-refractivity contribution >= 4 is 43.6 Å². The summed E-state index contributed by atoms with van der Waals surface area (Å²) in [4.78, 5) is 15.3. The molecule has 3 aromatic heterocycles. The number of hydrogen-bond acceptors (Lipinski definition) is 3. The van der Waals surface area contributed by atoms with E-state index in [1.807, 2.05) is 36.4 Å². The largest absolute Gasteiger partial charge is 0.309 e. The minimum absolute atomic E-state index is 0.252. The van der Waals surface area contributed by atoms with Gasteiger partial charge in [0.2, 0.25) is 5.95 Å². The summed E-state index contributed by atoms with van der Waals surface area (Å²) in [7, 11) is 0. The van der Waals surface area contributed by atoms with Crippen LogP contribution in [0.15, 0.2) is 164 Å². The summed E-state index contributed by atoms with van der Waals surface area (Å²) in [6, 6.07) is 58.2. The molecule has 0 saturated carbocycles. The lowest BCUT2D eigenvalue weighted by molar-refractivity contribution is 0.660. The molecule has 250 valence electrons. The minimum Gasteiger partial charge on any atom is -0.309 e. The smallest absolute Gasteiger partial charge is 0.238 e. The number of para-hydroxylation sites is 3. The molecule has 0 bridgehead atoms. The molecular weight excluding hydrogens is 647 g/mol. The third kappa shape index (κ3) is 4.34. The van der Waals surface area contributed by atoms with Crippen LogP contribution in [0.4, 0.5) is 0 Å². The van der Waals surface area contributed by atoms with Gasteiger partial charge in [-0.15, -0.1) is 0 Å². The Bertz CT molecular complexity index is 2970. The van der Waals surface area contributed by atoms with Crippen molar-refractivity contribution in [3.63, 3.8) is 0 Å². The normalized spacial score (nSPS) is 13.2. The average Bonchev–Trinajstić information content (AvgIpc) is 3.80. The maximum absolute atomic E-state index is 5.17. The van der Waals surface area contributed by atoms with Gasteiger partial charge >= 0.3 is 0 Å². The zero-order valence-electron chi connectivity index (χ0n) is 29.3. The molecule has 0 saturated heterocycles. The summed E-state index contributed by atoms with van der Waals surface area (Å²) in [5.74, 6) is 1.89. The fourth-order valence-electron chi connectivity index (χ4n) is 8.64. The molecule has 0 unspecified atom stereocenters. The summed E-state index contributed by atoms with van der Waals surface area (Å²) in [5, 5.41) is 4.88. The van der Waals surface area contributed by atoms with E-state index in [0.29, 0.717) is 17.6 Å². The quantitative estimate of drug-likeness (QED) is 0.186. The zero-order chi connectivity index (χ0) is 35.3. The first-order chi connectivity index (χ1) is 26.0. The Labute approximate surface area is 306 Å². The lowest BCUT2D eigenvalue weighted by Crippen LogP contribution is -2.15. The van der Waals surface area contributed by atoms with Gasteiger partial charge in [-0.05, 0) is 64.7 Å². The highest BCUT2D eigenvalue weighted by molar-refractivity contribution is 6.12. The molecule has 3 heterocycles. The van der Waals surface area contributed by atoms with E-state index in [-0.39, 0.29) is 5.41 Å². The van der Waals surface area contributed by atoms with Crippen molar-refractivity contribution in [3.05, 3.63) is 175 Å². The van der Waals surface area contributed by atoms with Crippen LogP contribution < -0.4 is 0 Å². The Morgan fingerprint density at radius 1 is 0.396 bits per heavy atom. The monoisotopic (exact) mass is 679 g/mol. The number of benzene rings is 7. The number of hydrogen-bond donors (Lipinski definition) is 0. The van der Waals surface area contributed by atoms with Crippen molar-refractivity contribution in [2.24, 2.45) is 0 Å². The number of nitrogens with zero attached hydrogens (tertiary/aromatic N) is 5. The summed E-state index contributed by atoms with van der Waals surface area (Å²) >= 11 is 0. The molecule has 1 aliphatic carbocycles. The standard InChI is InChI=1S/C48H33N5/c1-48(2)39-27-32(52-41-22-12-9-19-34(41)35-20-10-13-23-42(35)52)25-26-33(39)37-28-38-36-21-11-14-24-43(36)53(44(38)29-40(37)48)47-50-45(30-15-5-3-6-16-30)49-46(51-47)31-17-7-4-8-18-31/h3-29H,1-2H3. The Balaban J connectivity index is 1.14. The molecule has 7 aromatic carbocycles. The van der Waals surface area contributed by atoms with Crippen LogP contribution in [0, 0.1) is 0 Å². The van der Waals surface area contributed by atoms with Gasteiger partial charge in [0.25, 0.3) is 0 Å². The van der Waals surface area contributed by atoms with E-state index in [1.54, 1.807) is 0 Å². The van der Waals surface area contributed by atoms with Crippen LogP contribution in [0.1, 0.15) is 25.0 Å². The van der Waals surface area contributed by atoms with Crippen molar-refractivity contribution in [2.45, 2.75) is 19.3 Å². The van der Waals surface area contributed by atoms with E-state index in [9.17, 15) is 0 Å². The third-order valence-electron chi connectivity index (χ3n) is 11.2. The molecule has 5 nitrogen and oxygen atoms in total. The summed E-state index contributed by atoms with van der Waals surface area (Å²) in [5.41, 5.74) is 12.6. The molecule has 0 spiro atoms. The highest BCUT2D eigenvalue weighted by Gasteiger charge is 2.37. The van der Waals surface area contributed by atoms with E-state index < -0.39 is 0 Å². The van der Waals surface area contributed by atoms with E-state index in [1.165, 1.54) is 60.5 Å². The van der Waals surface area contributed by atoms with Gasteiger partial charge in [0.15, 0.2) is 11.6 Å². The fourth-order valence-corrected chi connectivity index (χ4v) is 8.64. The molecule has 0 N–H and O–H groups in total. The highest BCUT2D eigenvalue weighted by Crippen LogP contribution is 2.52. The maximum Gasteiger partial charge on any atom is 0.238 e. The Morgan fingerprint density at radius 3 is 1.47 bits per heavy atom. The maximum atomic E-state index is 5.17. The molecule has 5 heteroatoms. The van der Waals surface area contributed by atoms with Crippen molar-refractivity contribution in [3.8, 4) is 45.5 Å². The van der Waals surface area contributed by atoms with E-state index in [4.69, 9.17) is 15.0 Å². The highest BCUT2D eigenvalue weighted by atomic mass is 15.2. The lowest BCUT2D eigenvalue weighted by Gasteiger charge is -2.22. The van der Waals surface area contributed by atoms with Gasteiger partial charge in [0, 0.05) is 43.8 Å². The van der Waals surface area contributed by atoms with Crippen LogP contribution in [-0.4, -0.2) is 24.1 Å². The van der Waals surface area contributed by atoms with Crippen LogP contribution in [0.25, 0.3) is 89.2 Å². The van der Waals surface area contributed by atoms with Crippen LogP contribution in [-0.2, 0) is 5.41 Å². The Kier molecular flexibility index (Phi) is 6.23. The molecule has 0 aliphatic heterocycles. The van der Waals surface area contributed by atoms with Gasteiger partial charge in [-0.1, -0.05) is 135 Å². The first kappa shape index (κ1) is 29.8. The van der Waals surface area contributed by atoms with Gasteiger partial charge in [-0.3, -0.25) is 4.57 Å². The predicted octanol–water partition coefficient (Wildman–Crippen LogP) is 11.7. The Hall–Kier alpha value is -6.85. The van der Waals surface area contributed by atoms with Gasteiger partial charge < -0.3 is 4.57 Å². The summed E-state index contributed by atoms with van der Waals surface area (Å²) < 4.78 is 4.64. The van der Waals surface area contributed by atoms with Crippen molar-refractivity contribution in [1.29, 1.82) is 0 Å². The second kappa shape index (κ2) is 11.1. The van der Waals surface area contributed by atoms with Crippen LogP contribution in [0.3, 0.4) is 0 Å². The van der Waals surface area contributed by atoms with Gasteiger partial charge in [0.1, 0.15) is 0 Å². The van der Waals surface area contributed by atoms with Crippen LogP contribution >= 0.6 is 0 Å².